The molecule has 0 bridgehead atoms. The standard InChI is InChI=1S/C10H10FN3O4/c11-5-3-14-7(9(16)8(5)15)10(17)13-1-2-18-4-6(13)12-14/h3,6,12,16H,1-2,4H2/t6-/m0/s1. The van der Waals surface area contributed by atoms with Crippen LogP contribution in [0.1, 0.15) is 10.5 Å². The number of ether oxygens (including phenoxy) is 1. The largest absolute Gasteiger partial charge is 0.502 e. The second-order valence-electron chi connectivity index (χ2n) is 4.09. The molecule has 0 saturated carbocycles. The SMILES string of the molecule is O=C1c2c(O)c(=O)c(F)cn2N[C@@H]2COCCN12. The summed E-state index contributed by atoms with van der Waals surface area (Å²) < 4.78 is 19.5. The maximum atomic E-state index is 13.2. The van der Waals surface area contributed by atoms with Crippen molar-refractivity contribution in [3.8, 4) is 5.75 Å². The van der Waals surface area contributed by atoms with E-state index in [1.807, 2.05) is 0 Å². The van der Waals surface area contributed by atoms with Gasteiger partial charge in [0.05, 0.1) is 19.4 Å². The first kappa shape index (κ1) is 11.0. The Morgan fingerprint density at radius 1 is 1.50 bits per heavy atom. The van der Waals surface area contributed by atoms with Gasteiger partial charge in [-0.1, -0.05) is 0 Å². The van der Waals surface area contributed by atoms with E-state index in [9.17, 15) is 19.1 Å². The van der Waals surface area contributed by atoms with E-state index in [0.717, 1.165) is 10.9 Å². The Morgan fingerprint density at radius 3 is 3.06 bits per heavy atom. The minimum absolute atomic E-state index is 0.250. The number of rotatable bonds is 0. The van der Waals surface area contributed by atoms with Gasteiger partial charge in [0.15, 0.2) is 17.3 Å². The van der Waals surface area contributed by atoms with Gasteiger partial charge in [-0.05, 0) is 0 Å². The van der Waals surface area contributed by atoms with Crippen molar-refractivity contribution in [1.82, 2.24) is 9.58 Å². The van der Waals surface area contributed by atoms with Gasteiger partial charge >= 0.3 is 0 Å². The Kier molecular flexibility index (Phi) is 2.27. The molecule has 0 radical (unpaired) electrons. The van der Waals surface area contributed by atoms with E-state index < -0.39 is 29.1 Å². The van der Waals surface area contributed by atoms with Crippen LogP contribution in [-0.2, 0) is 4.74 Å². The first-order chi connectivity index (χ1) is 8.59. The van der Waals surface area contributed by atoms with Gasteiger partial charge in [-0.25, -0.2) is 4.39 Å². The molecule has 2 aliphatic heterocycles. The summed E-state index contributed by atoms with van der Waals surface area (Å²) in [4.78, 5) is 24.8. The van der Waals surface area contributed by atoms with Gasteiger partial charge in [-0.15, -0.1) is 0 Å². The summed E-state index contributed by atoms with van der Waals surface area (Å²) in [6.45, 7) is 0.997. The van der Waals surface area contributed by atoms with Crippen LogP contribution in [0.4, 0.5) is 4.39 Å². The third kappa shape index (κ3) is 1.39. The molecular formula is C10H10FN3O4. The van der Waals surface area contributed by atoms with Crippen molar-refractivity contribution in [2.24, 2.45) is 0 Å². The van der Waals surface area contributed by atoms with Crippen molar-refractivity contribution in [3.05, 3.63) is 27.9 Å². The monoisotopic (exact) mass is 255 g/mol. The highest BCUT2D eigenvalue weighted by Gasteiger charge is 2.37. The molecule has 0 aliphatic carbocycles. The number of carbonyl (C=O) groups is 1. The van der Waals surface area contributed by atoms with Crippen LogP contribution >= 0.6 is 0 Å². The quantitative estimate of drug-likeness (QED) is 0.624. The van der Waals surface area contributed by atoms with Gasteiger partial charge in [0, 0.05) is 6.54 Å². The lowest BCUT2D eigenvalue weighted by atomic mass is 10.2. The summed E-state index contributed by atoms with van der Waals surface area (Å²) in [5, 5.41) is 9.59. The number of halogens is 1. The zero-order valence-electron chi connectivity index (χ0n) is 9.22. The molecule has 1 aromatic heterocycles. The van der Waals surface area contributed by atoms with E-state index in [2.05, 4.69) is 5.43 Å². The fourth-order valence-electron chi connectivity index (χ4n) is 2.13. The van der Waals surface area contributed by atoms with Crippen molar-refractivity contribution >= 4 is 5.91 Å². The van der Waals surface area contributed by atoms with Crippen LogP contribution in [-0.4, -0.2) is 46.5 Å². The van der Waals surface area contributed by atoms with Crippen LogP contribution in [0.2, 0.25) is 0 Å². The summed E-state index contributed by atoms with van der Waals surface area (Å²) >= 11 is 0. The van der Waals surface area contributed by atoms with Crippen molar-refractivity contribution in [2.75, 3.05) is 25.2 Å². The number of fused-ring (bicyclic) bond motifs is 2. The van der Waals surface area contributed by atoms with E-state index >= 15 is 0 Å². The third-order valence-corrected chi connectivity index (χ3v) is 3.02. The second-order valence-corrected chi connectivity index (χ2v) is 4.09. The molecule has 7 nitrogen and oxygen atoms in total. The molecule has 2 aliphatic rings. The minimum Gasteiger partial charge on any atom is -0.502 e. The topological polar surface area (TPSA) is 83.8 Å². The molecule has 96 valence electrons. The van der Waals surface area contributed by atoms with Crippen LogP contribution in [0.25, 0.3) is 0 Å². The Hall–Kier alpha value is -2.09. The smallest absolute Gasteiger partial charge is 0.278 e. The van der Waals surface area contributed by atoms with E-state index in [4.69, 9.17) is 4.74 Å². The molecule has 2 N–H and O–H groups in total. The summed E-state index contributed by atoms with van der Waals surface area (Å²) in [5.74, 6) is -2.52. The summed E-state index contributed by atoms with van der Waals surface area (Å²) in [7, 11) is 0. The van der Waals surface area contributed by atoms with E-state index in [1.165, 1.54) is 4.90 Å². The molecule has 3 heterocycles. The molecule has 3 rings (SSSR count). The molecule has 1 fully saturated rings. The molecule has 0 unspecified atom stereocenters. The number of aromatic hydroxyl groups is 1. The van der Waals surface area contributed by atoms with Crippen LogP contribution in [0, 0.1) is 5.82 Å². The predicted octanol–water partition coefficient (Wildman–Crippen LogP) is -0.951. The fourth-order valence-corrected chi connectivity index (χ4v) is 2.13. The fraction of sp³-hybridized carbons (Fsp3) is 0.400. The summed E-state index contributed by atoms with van der Waals surface area (Å²) in [6, 6.07) is 0. The molecule has 0 aromatic carbocycles. The normalized spacial score (nSPS) is 22.2. The molecule has 1 atom stereocenters. The molecule has 8 heteroatoms. The lowest BCUT2D eigenvalue weighted by Gasteiger charge is -2.41. The van der Waals surface area contributed by atoms with Gasteiger partial charge in [-0.2, -0.15) is 0 Å². The first-order valence-corrected chi connectivity index (χ1v) is 5.39. The lowest BCUT2D eigenvalue weighted by Crippen LogP contribution is -2.59. The number of nitrogens with zero attached hydrogens (tertiary/aromatic N) is 2. The number of hydrogen-bond acceptors (Lipinski definition) is 5. The van der Waals surface area contributed by atoms with Crippen LogP contribution in [0.3, 0.4) is 0 Å². The van der Waals surface area contributed by atoms with Gasteiger partial charge in [0.2, 0.25) is 0 Å². The van der Waals surface area contributed by atoms with Crippen molar-refractivity contribution in [1.29, 1.82) is 0 Å². The second kappa shape index (κ2) is 3.70. The number of pyridine rings is 1. The van der Waals surface area contributed by atoms with E-state index in [-0.39, 0.29) is 12.3 Å². The minimum atomic E-state index is -1.18. The maximum Gasteiger partial charge on any atom is 0.278 e. The Morgan fingerprint density at radius 2 is 2.28 bits per heavy atom. The average molecular weight is 255 g/mol. The van der Waals surface area contributed by atoms with Crippen molar-refractivity contribution < 1.29 is 19.0 Å². The van der Waals surface area contributed by atoms with Crippen LogP contribution < -0.4 is 10.9 Å². The van der Waals surface area contributed by atoms with Crippen molar-refractivity contribution in [2.45, 2.75) is 6.17 Å². The molecule has 1 saturated heterocycles. The molecule has 1 aromatic rings. The van der Waals surface area contributed by atoms with Gasteiger partial charge < -0.3 is 20.2 Å². The zero-order valence-corrected chi connectivity index (χ0v) is 9.22. The number of nitrogens with one attached hydrogen (secondary N) is 1. The van der Waals surface area contributed by atoms with Gasteiger partial charge in [0.1, 0.15) is 6.17 Å². The number of hydrogen-bond donors (Lipinski definition) is 2. The molecular weight excluding hydrogens is 245 g/mol. The number of morpholine rings is 1. The lowest BCUT2D eigenvalue weighted by molar-refractivity contribution is -0.00324. The van der Waals surface area contributed by atoms with Crippen LogP contribution in [0.5, 0.6) is 5.75 Å². The number of aromatic nitrogens is 1. The van der Waals surface area contributed by atoms with Gasteiger partial charge in [0.25, 0.3) is 11.3 Å². The highest BCUT2D eigenvalue weighted by Crippen LogP contribution is 2.21. The van der Waals surface area contributed by atoms with E-state index in [0.29, 0.717) is 13.2 Å². The Balaban J connectivity index is 2.16. The van der Waals surface area contributed by atoms with Crippen LogP contribution in [0.15, 0.2) is 11.0 Å². The Bertz CT molecular complexity index is 585. The average Bonchev–Trinajstić information content (AvgIpc) is 2.36. The molecule has 1 amide bonds. The van der Waals surface area contributed by atoms with E-state index in [1.54, 1.807) is 0 Å². The predicted molar refractivity (Wildman–Crippen MR) is 57.3 cm³/mol. The first-order valence-electron chi connectivity index (χ1n) is 5.39. The summed E-state index contributed by atoms with van der Waals surface area (Å²) in [6.07, 6.45) is 0.418. The maximum absolute atomic E-state index is 13.2. The van der Waals surface area contributed by atoms with Gasteiger partial charge in [-0.3, -0.25) is 14.3 Å². The number of amides is 1. The zero-order chi connectivity index (χ0) is 12.9. The molecule has 18 heavy (non-hydrogen) atoms. The third-order valence-electron chi connectivity index (χ3n) is 3.02. The number of carbonyl (C=O) groups excluding carboxylic acids is 1. The summed E-state index contributed by atoms with van der Waals surface area (Å²) in [5.41, 5.74) is 1.37. The highest BCUT2D eigenvalue weighted by atomic mass is 19.1. The Labute approximate surface area is 100 Å². The highest BCUT2D eigenvalue weighted by molar-refractivity contribution is 5.96. The molecule has 0 spiro atoms. The van der Waals surface area contributed by atoms with Crippen molar-refractivity contribution in [3.63, 3.8) is 0 Å².